The van der Waals surface area contributed by atoms with Crippen LogP contribution in [0.2, 0.25) is 5.02 Å². The van der Waals surface area contributed by atoms with Gasteiger partial charge in [0.05, 0.1) is 28.0 Å². The molecule has 2 aromatic carbocycles. The van der Waals surface area contributed by atoms with Gasteiger partial charge in [-0.1, -0.05) is 23.7 Å². The van der Waals surface area contributed by atoms with Crippen molar-refractivity contribution in [1.29, 1.82) is 5.26 Å². The van der Waals surface area contributed by atoms with E-state index in [0.717, 1.165) is 14.9 Å². The van der Waals surface area contributed by atoms with E-state index in [4.69, 9.17) is 16.9 Å². The number of nitrogens with one attached hydrogen (secondary N) is 1. The SMILES string of the molecule is N#Cc1ccc(Nc2ccccc2I)c(Cl)c1. The smallest absolute Gasteiger partial charge is 0.0992 e. The van der Waals surface area contributed by atoms with Crippen LogP contribution in [0.25, 0.3) is 0 Å². The largest absolute Gasteiger partial charge is 0.353 e. The van der Waals surface area contributed by atoms with Crippen molar-refractivity contribution in [3.63, 3.8) is 0 Å². The van der Waals surface area contributed by atoms with E-state index < -0.39 is 0 Å². The van der Waals surface area contributed by atoms with Gasteiger partial charge in [-0.3, -0.25) is 0 Å². The van der Waals surface area contributed by atoms with Gasteiger partial charge >= 0.3 is 0 Å². The number of benzene rings is 2. The van der Waals surface area contributed by atoms with Gasteiger partial charge in [0.2, 0.25) is 0 Å². The molecule has 0 spiro atoms. The summed E-state index contributed by atoms with van der Waals surface area (Å²) in [5.41, 5.74) is 2.36. The zero-order chi connectivity index (χ0) is 12.3. The summed E-state index contributed by atoms with van der Waals surface area (Å²) in [5, 5.41) is 12.5. The van der Waals surface area contributed by atoms with Gasteiger partial charge in [-0.25, -0.2) is 0 Å². The predicted octanol–water partition coefficient (Wildman–Crippen LogP) is 4.56. The molecule has 0 aliphatic heterocycles. The molecule has 2 aromatic rings. The summed E-state index contributed by atoms with van der Waals surface area (Å²) in [6.07, 6.45) is 0. The monoisotopic (exact) mass is 354 g/mol. The molecule has 0 aliphatic rings. The maximum atomic E-state index is 8.76. The lowest BCUT2D eigenvalue weighted by atomic mass is 10.2. The molecule has 0 saturated heterocycles. The molecule has 0 aliphatic carbocycles. The fourth-order valence-corrected chi connectivity index (χ4v) is 2.14. The summed E-state index contributed by atoms with van der Waals surface area (Å²) in [5.74, 6) is 0. The van der Waals surface area contributed by atoms with Gasteiger partial charge in [0.25, 0.3) is 0 Å². The Balaban J connectivity index is 2.32. The van der Waals surface area contributed by atoms with Crippen LogP contribution in [0.1, 0.15) is 5.56 Å². The summed E-state index contributed by atoms with van der Waals surface area (Å²) < 4.78 is 1.12. The number of rotatable bonds is 2. The number of anilines is 2. The molecular formula is C13H8ClIN2. The maximum Gasteiger partial charge on any atom is 0.0992 e. The third kappa shape index (κ3) is 2.90. The van der Waals surface area contributed by atoms with Gasteiger partial charge in [0, 0.05) is 3.57 Å². The van der Waals surface area contributed by atoms with Gasteiger partial charge in [-0.2, -0.15) is 5.26 Å². The first kappa shape index (κ1) is 12.2. The van der Waals surface area contributed by atoms with Crippen LogP contribution in [-0.2, 0) is 0 Å². The second-order valence-corrected chi connectivity index (χ2v) is 4.98. The van der Waals surface area contributed by atoms with Crippen molar-refractivity contribution in [1.82, 2.24) is 0 Å². The van der Waals surface area contributed by atoms with E-state index in [0.29, 0.717) is 10.6 Å². The van der Waals surface area contributed by atoms with E-state index >= 15 is 0 Å². The lowest BCUT2D eigenvalue weighted by Gasteiger charge is -2.10. The van der Waals surface area contributed by atoms with E-state index in [1.54, 1.807) is 12.1 Å². The molecule has 0 saturated carbocycles. The average molecular weight is 355 g/mol. The first-order valence-electron chi connectivity index (χ1n) is 4.92. The summed E-state index contributed by atoms with van der Waals surface area (Å²) in [7, 11) is 0. The Morgan fingerprint density at radius 1 is 1.12 bits per heavy atom. The van der Waals surface area contributed by atoms with Crippen molar-refractivity contribution in [3.8, 4) is 6.07 Å². The molecule has 17 heavy (non-hydrogen) atoms. The highest BCUT2D eigenvalue weighted by atomic mass is 127. The van der Waals surface area contributed by atoms with Crippen LogP contribution in [0.15, 0.2) is 42.5 Å². The Morgan fingerprint density at radius 2 is 1.88 bits per heavy atom. The fraction of sp³-hybridized carbons (Fsp3) is 0. The Labute approximate surface area is 118 Å². The number of hydrogen-bond donors (Lipinski definition) is 1. The molecule has 0 heterocycles. The highest BCUT2D eigenvalue weighted by Crippen LogP contribution is 2.28. The van der Waals surface area contributed by atoms with E-state index in [1.165, 1.54) is 0 Å². The number of para-hydroxylation sites is 1. The number of nitrogens with zero attached hydrogens (tertiary/aromatic N) is 1. The maximum absolute atomic E-state index is 8.76. The summed E-state index contributed by atoms with van der Waals surface area (Å²) in [6.45, 7) is 0. The van der Waals surface area contributed by atoms with Crippen LogP contribution in [0.3, 0.4) is 0 Å². The topological polar surface area (TPSA) is 35.8 Å². The Bertz CT molecular complexity index is 590. The quantitative estimate of drug-likeness (QED) is 0.803. The lowest BCUT2D eigenvalue weighted by Crippen LogP contribution is -1.93. The van der Waals surface area contributed by atoms with Crippen LogP contribution in [-0.4, -0.2) is 0 Å². The van der Waals surface area contributed by atoms with E-state index in [-0.39, 0.29) is 0 Å². The molecule has 0 aromatic heterocycles. The molecule has 0 unspecified atom stereocenters. The summed E-state index contributed by atoms with van der Waals surface area (Å²) >= 11 is 8.35. The van der Waals surface area contributed by atoms with Gasteiger partial charge in [0.1, 0.15) is 0 Å². The highest BCUT2D eigenvalue weighted by Gasteiger charge is 2.04. The molecule has 0 amide bonds. The fourth-order valence-electron chi connectivity index (χ4n) is 1.39. The lowest BCUT2D eigenvalue weighted by molar-refractivity contribution is 1.47. The number of halogens is 2. The molecule has 84 valence electrons. The molecular weight excluding hydrogens is 347 g/mol. The third-order valence-electron chi connectivity index (χ3n) is 2.24. The minimum atomic E-state index is 0.545. The van der Waals surface area contributed by atoms with E-state index in [2.05, 4.69) is 34.0 Å². The van der Waals surface area contributed by atoms with E-state index in [9.17, 15) is 0 Å². The zero-order valence-corrected chi connectivity index (χ0v) is 11.7. The standard InChI is InChI=1S/C13H8ClIN2/c14-10-7-9(8-16)5-6-12(10)17-13-4-2-1-3-11(13)15/h1-7,17H. The minimum Gasteiger partial charge on any atom is -0.353 e. The van der Waals surface area contributed by atoms with Crippen molar-refractivity contribution >= 4 is 45.6 Å². The second kappa shape index (κ2) is 5.39. The predicted molar refractivity (Wildman–Crippen MR) is 78.6 cm³/mol. The van der Waals surface area contributed by atoms with Gasteiger partial charge in [-0.15, -0.1) is 0 Å². The molecule has 0 bridgehead atoms. The Kier molecular flexibility index (Phi) is 3.87. The molecule has 1 N–H and O–H groups in total. The van der Waals surface area contributed by atoms with Crippen LogP contribution < -0.4 is 5.32 Å². The summed E-state index contributed by atoms with van der Waals surface area (Å²) in [6, 6.07) is 15.2. The van der Waals surface area contributed by atoms with Crippen molar-refractivity contribution in [2.45, 2.75) is 0 Å². The molecule has 0 fully saturated rings. The van der Waals surface area contributed by atoms with Crippen LogP contribution in [0, 0.1) is 14.9 Å². The Morgan fingerprint density at radius 3 is 2.53 bits per heavy atom. The normalized spacial score (nSPS) is 9.71. The average Bonchev–Trinajstić information content (AvgIpc) is 2.34. The van der Waals surface area contributed by atoms with Gasteiger partial charge in [0.15, 0.2) is 0 Å². The van der Waals surface area contributed by atoms with Crippen molar-refractivity contribution < 1.29 is 0 Å². The minimum absolute atomic E-state index is 0.545. The number of nitriles is 1. The van der Waals surface area contributed by atoms with Crippen molar-refractivity contribution in [3.05, 3.63) is 56.6 Å². The van der Waals surface area contributed by atoms with E-state index in [1.807, 2.05) is 30.3 Å². The highest BCUT2D eigenvalue weighted by molar-refractivity contribution is 14.1. The molecule has 2 rings (SSSR count). The van der Waals surface area contributed by atoms with Crippen LogP contribution in [0.4, 0.5) is 11.4 Å². The summed E-state index contributed by atoms with van der Waals surface area (Å²) in [4.78, 5) is 0. The van der Waals surface area contributed by atoms with Crippen molar-refractivity contribution in [2.75, 3.05) is 5.32 Å². The second-order valence-electron chi connectivity index (χ2n) is 3.41. The molecule has 2 nitrogen and oxygen atoms in total. The van der Waals surface area contributed by atoms with Crippen LogP contribution in [0.5, 0.6) is 0 Å². The number of hydrogen-bond acceptors (Lipinski definition) is 2. The molecule has 0 radical (unpaired) electrons. The van der Waals surface area contributed by atoms with Gasteiger partial charge < -0.3 is 5.32 Å². The first-order chi connectivity index (χ1) is 8.20. The molecule has 0 atom stereocenters. The molecule has 4 heteroatoms. The van der Waals surface area contributed by atoms with Crippen LogP contribution >= 0.6 is 34.2 Å². The van der Waals surface area contributed by atoms with Crippen molar-refractivity contribution in [2.24, 2.45) is 0 Å². The van der Waals surface area contributed by atoms with Gasteiger partial charge in [-0.05, 0) is 52.9 Å². The Hall–Kier alpha value is -1.25. The zero-order valence-electron chi connectivity index (χ0n) is 8.74. The first-order valence-corrected chi connectivity index (χ1v) is 6.37. The third-order valence-corrected chi connectivity index (χ3v) is 3.49.